The van der Waals surface area contributed by atoms with Crippen LogP contribution in [0.15, 0.2) is 87.9 Å². The largest absolute Gasteiger partial charge is 0.455 e. The SMILES string of the molecule is C=CCN1C(=O)[C@@H](Cc2cccc(C)c2)S/C1=N/N=C\c1ccc(-c2ccc(Cl)cc2)o1. The number of aryl methyl sites for hydroxylation is 1. The summed E-state index contributed by atoms with van der Waals surface area (Å²) < 4.78 is 5.82. The normalized spacial score (nSPS) is 17.6. The van der Waals surface area contributed by atoms with Gasteiger partial charge in [0, 0.05) is 17.1 Å². The van der Waals surface area contributed by atoms with Crippen LogP contribution in [0, 0.1) is 6.92 Å². The number of nitrogens with zero attached hydrogens (tertiary/aromatic N) is 3. The molecule has 0 spiro atoms. The third-order valence-corrected chi connectivity index (χ3v) is 6.34. The van der Waals surface area contributed by atoms with E-state index in [4.69, 9.17) is 16.0 Å². The summed E-state index contributed by atoms with van der Waals surface area (Å²) in [6.07, 6.45) is 3.87. The van der Waals surface area contributed by atoms with Crippen molar-refractivity contribution >= 4 is 40.7 Å². The monoisotopic (exact) mass is 463 g/mol. The second-order valence-corrected chi connectivity index (χ2v) is 8.98. The van der Waals surface area contributed by atoms with Gasteiger partial charge in [-0.25, -0.2) is 0 Å². The minimum atomic E-state index is -0.231. The van der Waals surface area contributed by atoms with Crippen molar-refractivity contribution in [1.82, 2.24) is 4.90 Å². The van der Waals surface area contributed by atoms with Crippen LogP contribution in [0.25, 0.3) is 11.3 Å². The summed E-state index contributed by atoms with van der Waals surface area (Å²) in [5.41, 5.74) is 3.23. The van der Waals surface area contributed by atoms with Gasteiger partial charge in [0.1, 0.15) is 11.5 Å². The van der Waals surface area contributed by atoms with Crippen LogP contribution in [0.4, 0.5) is 0 Å². The van der Waals surface area contributed by atoms with Gasteiger partial charge in [-0.2, -0.15) is 5.10 Å². The van der Waals surface area contributed by atoms with Gasteiger partial charge in [-0.3, -0.25) is 9.69 Å². The summed E-state index contributed by atoms with van der Waals surface area (Å²) in [4.78, 5) is 14.5. The molecule has 2 aromatic carbocycles. The number of carbonyl (C=O) groups is 1. The second kappa shape index (κ2) is 10.0. The van der Waals surface area contributed by atoms with Gasteiger partial charge in [-0.05, 0) is 55.3 Å². The first kappa shape index (κ1) is 22.1. The Morgan fingerprint density at radius 1 is 1.19 bits per heavy atom. The maximum atomic E-state index is 12.9. The lowest BCUT2D eigenvalue weighted by atomic mass is 10.1. The molecule has 0 N–H and O–H groups in total. The number of benzene rings is 2. The molecule has 32 heavy (non-hydrogen) atoms. The van der Waals surface area contributed by atoms with Gasteiger partial charge in [0.15, 0.2) is 5.17 Å². The molecule has 0 radical (unpaired) electrons. The number of thioether (sulfide) groups is 1. The van der Waals surface area contributed by atoms with Gasteiger partial charge < -0.3 is 4.42 Å². The lowest BCUT2D eigenvalue weighted by molar-refractivity contribution is -0.125. The first-order chi connectivity index (χ1) is 15.5. The van der Waals surface area contributed by atoms with Crippen LogP contribution in [0.2, 0.25) is 5.02 Å². The quantitative estimate of drug-likeness (QED) is 0.246. The fraction of sp³-hybridized carbons (Fsp3) is 0.160. The van der Waals surface area contributed by atoms with Crippen molar-refractivity contribution < 1.29 is 9.21 Å². The molecule has 0 saturated carbocycles. The molecule has 162 valence electrons. The number of rotatable bonds is 7. The molecule has 4 rings (SSSR count). The molecule has 7 heteroatoms. The number of halogens is 1. The molecule has 3 aromatic rings. The highest BCUT2D eigenvalue weighted by molar-refractivity contribution is 8.15. The maximum Gasteiger partial charge on any atom is 0.242 e. The first-order valence-electron chi connectivity index (χ1n) is 10.1. The lowest BCUT2D eigenvalue weighted by Gasteiger charge is -2.12. The van der Waals surface area contributed by atoms with Crippen molar-refractivity contribution in [2.24, 2.45) is 10.2 Å². The van der Waals surface area contributed by atoms with E-state index in [2.05, 4.69) is 22.8 Å². The third-order valence-electron chi connectivity index (χ3n) is 4.92. The van der Waals surface area contributed by atoms with E-state index in [0.717, 1.165) is 11.1 Å². The Labute approximate surface area is 196 Å². The zero-order chi connectivity index (χ0) is 22.5. The predicted molar refractivity (Wildman–Crippen MR) is 132 cm³/mol. The predicted octanol–water partition coefficient (Wildman–Crippen LogP) is 5.97. The van der Waals surface area contributed by atoms with E-state index in [1.807, 2.05) is 61.5 Å². The van der Waals surface area contributed by atoms with Crippen LogP contribution in [0.1, 0.15) is 16.9 Å². The van der Waals surface area contributed by atoms with Crippen LogP contribution >= 0.6 is 23.4 Å². The minimum absolute atomic E-state index is 0.0216. The van der Waals surface area contributed by atoms with Crippen LogP contribution in [-0.2, 0) is 11.2 Å². The van der Waals surface area contributed by atoms with Gasteiger partial charge in [-0.15, -0.1) is 11.7 Å². The van der Waals surface area contributed by atoms with Crippen molar-refractivity contribution in [1.29, 1.82) is 0 Å². The van der Waals surface area contributed by atoms with E-state index in [-0.39, 0.29) is 11.2 Å². The standard InChI is InChI=1S/C25H22ClN3O2S/c1-3-13-29-24(30)23(15-18-6-4-5-17(2)14-18)32-25(29)28-27-16-21-11-12-22(31-21)19-7-9-20(26)10-8-19/h3-12,14,16,23H,1,13,15H2,2H3/b27-16-,28-25+/t23-/m1/s1. The topological polar surface area (TPSA) is 58.2 Å². The Morgan fingerprint density at radius 2 is 2.00 bits per heavy atom. The minimum Gasteiger partial charge on any atom is -0.455 e. The van der Waals surface area contributed by atoms with E-state index < -0.39 is 0 Å². The van der Waals surface area contributed by atoms with Gasteiger partial charge in [0.25, 0.3) is 0 Å². The molecule has 0 unspecified atom stereocenters. The van der Waals surface area contributed by atoms with Crippen LogP contribution < -0.4 is 0 Å². The highest BCUT2D eigenvalue weighted by Crippen LogP contribution is 2.30. The second-order valence-electron chi connectivity index (χ2n) is 7.37. The van der Waals surface area contributed by atoms with Crippen LogP contribution in [0.5, 0.6) is 0 Å². The molecule has 2 heterocycles. The summed E-state index contributed by atoms with van der Waals surface area (Å²) in [7, 11) is 0. The van der Waals surface area contributed by atoms with Crippen molar-refractivity contribution in [2.45, 2.75) is 18.6 Å². The Balaban J connectivity index is 1.48. The first-order valence-corrected chi connectivity index (χ1v) is 11.4. The zero-order valence-corrected chi connectivity index (χ0v) is 19.1. The average molecular weight is 464 g/mol. The van der Waals surface area contributed by atoms with Crippen molar-refractivity contribution in [3.05, 3.63) is 95.2 Å². The fourth-order valence-electron chi connectivity index (χ4n) is 3.39. The average Bonchev–Trinajstić information content (AvgIpc) is 3.35. The highest BCUT2D eigenvalue weighted by Gasteiger charge is 2.37. The summed E-state index contributed by atoms with van der Waals surface area (Å²) in [5, 5.41) is 9.47. The molecule has 1 aromatic heterocycles. The van der Waals surface area contributed by atoms with E-state index in [9.17, 15) is 4.79 Å². The molecular weight excluding hydrogens is 442 g/mol. The molecule has 1 aliphatic rings. The zero-order valence-electron chi connectivity index (χ0n) is 17.6. The highest BCUT2D eigenvalue weighted by atomic mass is 35.5. The molecule has 5 nitrogen and oxygen atoms in total. The van der Waals surface area contributed by atoms with Crippen LogP contribution in [0.3, 0.4) is 0 Å². The maximum absolute atomic E-state index is 12.9. The van der Waals surface area contributed by atoms with E-state index in [0.29, 0.717) is 34.7 Å². The number of hydrogen-bond acceptors (Lipinski definition) is 5. The number of amides is 1. The molecular formula is C25H22ClN3O2S. The number of carbonyl (C=O) groups excluding carboxylic acids is 1. The molecule has 0 bridgehead atoms. The Hall–Kier alpha value is -3.09. The summed E-state index contributed by atoms with van der Waals surface area (Å²) in [6.45, 7) is 6.20. The van der Waals surface area contributed by atoms with E-state index in [1.165, 1.54) is 23.5 Å². The lowest BCUT2D eigenvalue weighted by Crippen LogP contribution is -2.32. The summed E-state index contributed by atoms with van der Waals surface area (Å²) in [5.74, 6) is 1.31. The molecule has 1 fully saturated rings. The fourth-order valence-corrected chi connectivity index (χ4v) is 4.66. The third kappa shape index (κ3) is 5.21. The van der Waals surface area contributed by atoms with Crippen LogP contribution in [-0.4, -0.2) is 34.0 Å². The molecule has 1 aliphatic heterocycles. The van der Waals surface area contributed by atoms with E-state index in [1.54, 1.807) is 11.0 Å². The van der Waals surface area contributed by atoms with Gasteiger partial charge in [0.05, 0.1) is 11.5 Å². The van der Waals surface area contributed by atoms with Gasteiger partial charge >= 0.3 is 0 Å². The van der Waals surface area contributed by atoms with Gasteiger partial charge in [-0.1, -0.05) is 59.3 Å². The summed E-state index contributed by atoms with van der Waals surface area (Å²) >= 11 is 7.37. The van der Waals surface area contributed by atoms with E-state index >= 15 is 0 Å². The number of furan rings is 1. The molecule has 1 saturated heterocycles. The number of amidine groups is 1. The molecule has 1 atom stereocenters. The Morgan fingerprint density at radius 3 is 2.75 bits per heavy atom. The van der Waals surface area contributed by atoms with Crippen molar-refractivity contribution in [3.8, 4) is 11.3 Å². The molecule has 1 amide bonds. The molecule has 0 aliphatic carbocycles. The Kier molecular flexibility index (Phi) is 6.93. The summed E-state index contributed by atoms with van der Waals surface area (Å²) in [6, 6.07) is 19.3. The van der Waals surface area contributed by atoms with Crippen molar-refractivity contribution in [3.63, 3.8) is 0 Å². The number of hydrogen-bond donors (Lipinski definition) is 0. The van der Waals surface area contributed by atoms with Crippen molar-refractivity contribution in [2.75, 3.05) is 6.54 Å². The Bertz CT molecular complexity index is 1180. The van der Waals surface area contributed by atoms with Gasteiger partial charge in [0.2, 0.25) is 5.91 Å². The smallest absolute Gasteiger partial charge is 0.242 e.